The van der Waals surface area contributed by atoms with Crippen LogP contribution >= 0.6 is 0 Å². The number of rotatable bonds is 37. The molecule has 0 saturated carbocycles. The highest BCUT2D eigenvalue weighted by Crippen LogP contribution is 2.16. The maximum absolute atomic E-state index is 2.64. The summed E-state index contributed by atoms with van der Waals surface area (Å²) in [6.45, 7) is 9.40. The first-order valence-electron chi connectivity index (χ1n) is 21.4. The predicted molar refractivity (Wildman–Crippen MR) is 202 cm³/mol. The summed E-state index contributed by atoms with van der Waals surface area (Å²) in [7, 11) is 0. The van der Waals surface area contributed by atoms with Crippen molar-refractivity contribution in [2.24, 2.45) is 0 Å². The van der Waals surface area contributed by atoms with E-state index in [9.17, 15) is 0 Å². The first-order valence-corrected chi connectivity index (χ1v) is 21.4. The van der Waals surface area contributed by atoms with Crippen molar-refractivity contribution in [3.63, 3.8) is 0 Å². The van der Waals surface area contributed by atoms with Crippen LogP contribution in [-0.2, 0) is 19.5 Å². The van der Waals surface area contributed by atoms with Crippen molar-refractivity contribution in [3.05, 3.63) is 18.2 Å². The fourth-order valence-electron chi connectivity index (χ4n) is 7.21. The number of aryl methyl sites for hydroxylation is 2. The molecule has 0 bridgehead atoms. The molecule has 1 aromatic heterocycles. The molecule has 2 nitrogen and oxygen atoms in total. The van der Waals surface area contributed by atoms with E-state index in [0.29, 0.717) is 0 Å². The first-order chi connectivity index (χ1) is 22.3. The largest absolute Gasteiger partial charge is 0.256 e. The van der Waals surface area contributed by atoms with Gasteiger partial charge in [-0.25, -0.2) is 9.13 Å². The highest BCUT2D eigenvalue weighted by Gasteiger charge is 2.16. The minimum absolute atomic E-state index is 1.23. The third kappa shape index (κ3) is 26.9. The highest BCUT2D eigenvalue weighted by atomic mass is 15.1. The molecule has 0 aromatic carbocycles. The van der Waals surface area contributed by atoms with E-state index >= 15 is 0 Å². The molecule has 0 atom stereocenters. The van der Waals surface area contributed by atoms with E-state index < -0.39 is 0 Å². The molecule has 0 aliphatic heterocycles. The van der Waals surface area contributed by atoms with Gasteiger partial charge in [-0.05, 0) is 32.1 Å². The van der Waals surface area contributed by atoms with E-state index in [1.165, 1.54) is 238 Å². The molecule has 1 aromatic rings. The molecule has 0 amide bonds. The van der Waals surface area contributed by atoms with Gasteiger partial charge in [0.1, 0.15) is 12.4 Å². The average Bonchev–Trinajstić information content (AvgIpc) is 3.43. The molecule has 0 spiro atoms. The molecular weight excluding hydrogens is 544 g/mol. The Kier molecular flexibility index (Phi) is 32.4. The monoisotopic (exact) mass is 630 g/mol. The molecule has 266 valence electrons. The van der Waals surface area contributed by atoms with E-state index in [-0.39, 0.29) is 0 Å². The average molecular weight is 630 g/mol. The van der Waals surface area contributed by atoms with Crippen LogP contribution in [0.3, 0.4) is 0 Å². The van der Waals surface area contributed by atoms with Crippen molar-refractivity contribution in [3.8, 4) is 0 Å². The Balaban J connectivity index is 2.23. The number of unbranched alkanes of at least 4 members (excludes halogenated alkanes) is 31. The lowest BCUT2D eigenvalue weighted by atomic mass is 10.0. The number of nitrogens with zero attached hydrogens (tertiary/aromatic N) is 2. The van der Waals surface area contributed by atoms with Gasteiger partial charge in [-0.2, -0.15) is 0 Å². The summed E-state index contributed by atoms with van der Waals surface area (Å²) in [6.07, 6.45) is 54.9. The summed E-state index contributed by atoms with van der Waals surface area (Å²) in [5.41, 5.74) is 0. The van der Waals surface area contributed by atoms with E-state index in [2.05, 4.69) is 42.3 Å². The molecule has 1 heterocycles. The van der Waals surface area contributed by atoms with Gasteiger partial charge in [-0.1, -0.05) is 207 Å². The van der Waals surface area contributed by atoms with Crippen LogP contribution < -0.4 is 4.57 Å². The Hall–Kier alpha value is -0.790. The highest BCUT2D eigenvalue weighted by molar-refractivity contribution is 4.84. The van der Waals surface area contributed by atoms with Crippen molar-refractivity contribution in [1.82, 2.24) is 4.57 Å². The van der Waals surface area contributed by atoms with Crippen LogP contribution in [0.25, 0.3) is 0 Å². The minimum atomic E-state index is 1.23. The number of imidazole rings is 1. The van der Waals surface area contributed by atoms with E-state index in [4.69, 9.17) is 0 Å². The van der Waals surface area contributed by atoms with Gasteiger partial charge in [0, 0.05) is 6.42 Å². The third-order valence-corrected chi connectivity index (χ3v) is 10.3. The second kappa shape index (κ2) is 34.5. The Morgan fingerprint density at radius 1 is 0.378 bits per heavy atom. The van der Waals surface area contributed by atoms with Crippen LogP contribution in [0.15, 0.2) is 12.4 Å². The summed E-state index contributed by atoms with van der Waals surface area (Å²) in [6, 6.07) is 0. The molecule has 0 fully saturated rings. The molecule has 45 heavy (non-hydrogen) atoms. The Labute approximate surface area is 285 Å². The fourth-order valence-corrected chi connectivity index (χ4v) is 7.21. The van der Waals surface area contributed by atoms with Gasteiger partial charge in [-0.15, -0.1) is 0 Å². The molecule has 0 saturated heterocycles. The summed E-state index contributed by atoms with van der Waals surface area (Å²) < 4.78 is 5.27. The summed E-state index contributed by atoms with van der Waals surface area (Å²) in [5.74, 6) is 1.62. The van der Waals surface area contributed by atoms with Gasteiger partial charge >= 0.3 is 0 Å². The maximum Gasteiger partial charge on any atom is 0.256 e. The predicted octanol–water partition coefficient (Wildman–Crippen LogP) is 14.6. The number of hydrogen-bond acceptors (Lipinski definition) is 0. The summed E-state index contributed by atoms with van der Waals surface area (Å²) >= 11 is 0. The van der Waals surface area contributed by atoms with Crippen LogP contribution in [0.1, 0.15) is 245 Å². The van der Waals surface area contributed by atoms with Crippen LogP contribution in [0.2, 0.25) is 0 Å². The van der Waals surface area contributed by atoms with Crippen molar-refractivity contribution >= 4 is 0 Å². The van der Waals surface area contributed by atoms with Crippen molar-refractivity contribution in [2.45, 2.75) is 259 Å². The minimum Gasteiger partial charge on any atom is -0.234 e. The van der Waals surface area contributed by atoms with Gasteiger partial charge < -0.3 is 0 Å². The standard InChI is InChI=1S/C43H85N2/c1-4-7-10-13-16-18-20-21-22-23-24-25-27-29-32-35-38-43-44(39-36-33-30-15-12-9-6-3)41-42-45(43)40-37-34-31-28-26-19-17-14-11-8-5-2/h41-42H,4-40H2,1-3H3/q+1. The van der Waals surface area contributed by atoms with Gasteiger partial charge in [0.15, 0.2) is 0 Å². The second-order valence-electron chi connectivity index (χ2n) is 14.8. The lowest BCUT2D eigenvalue weighted by molar-refractivity contribution is -0.704. The zero-order chi connectivity index (χ0) is 32.3. The third-order valence-electron chi connectivity index (χ3n) is 10.3. The van der Waals surface area contributed by atoms with Gasteiger partial charge in [0.05, 0.1) is 13.1 Å². The fraction of sp³-hybridized carbons (Fsp3) is 0.930. The number of hydrogen-bond donors (Lipinski definition) is 0. The van der Waals surface area contributed by atoms with Crippen LogP contribution in [-0.4, -0.2) is 4.57 Å². The maximum atomic E-state index is 2.64. The molecule has 0 aliphatic carbocycles. The Morgan fingerprint density at radius 3 is 1.07 bits per heavy atom. The van der Waals surface area contributed by atoms with Crippen LogP contribution in [0.5, 0.6) is 0 Å². The van der Waals surface area contributed by atoms with Crippen molar-refractivity contribution in [1.29, 1.82) is 0 Å². The van der Waals surface area contributed by atoms with Crippen LogP contribution in [0, 0.1) is 0 Å². The Morgan fingerprint density at radius 2 is 0.689 bits per heavy atom. The van der Waals surface area contributed by atoms with Gasteiger partial charge in [0.2, 0.25) is 0 Å². The lowest BCUT2D eigenvalue weighted by Crippen LogP contribution is -2.37. The molecule has 0 N–H and O–H groups in total. The van der Waals surface area contributed by atoms with E-state index in [1.807, 2.05) is 0 Å². The quantitative estimate of drug-likeness (QED) is 0.0511. The normalized spacial score (nSPS) is 11.6. The van der Waals surface area contributed by atoms with Crippen molar-refractivity contribution in [2.75, 3.05) is 0 Å². The lowest BCUT2D eigenvalue weighted by Gasteiger charge is -2.07. The summed E-state index contributed by atoms with van der Waals surface area (Å²) in [4.78, 5) is 0. The van der Waals surface area contributed by atoms with Gasteiger partial charge in [0.25, 0.3) is 5.82 Å². The molecular formula is C43H85N2+. The Bertz CT molecular complexity index is 692. The van der Waals surface area contributed by atoms with Crippen LogP contribution in [0.4, 0.5) is 0 Å². The first kappa shape index (κ1) is 42.2. The topological polar surface area (TPSA) is 8.81 Å². The van der Waals surface area contributed by atoms with Crippen molar-refractivity contribution < 1.29 is 4.57 Å². The molecule has 2 heteroatoms. The van der Waals surface area contributed by atoms with E-state index in [0.717, 1.165) is 0 Å². The van der Waals surface area contributed by atoms with E-state index in [1.54, 1.807) is 5.82 Å². The molecule has 0 aliphatic rings. The smallest absolute Gasteiger partial charge is 0.234 e. The SMILES string of the molecule is CCCCCCCCCCCCCCCCCCc1n(CCCCCCCCCCCCC)cc[n+]1CCCCCCCCC. The second-order valence-corrected chi connectivity index (χ2v) is 14.8. The number of aromatic nitrogens is 2. The zero-order valence-corrected chi connectivity index (χ0v) is 31.7. The summed E-state index contributed by atoms with van der Waals surface area (Å²) in [5, 5.41) is 0. The zero-order valence-electron chi connectivity index (χ0n) is 31.7. The molecule has 1 rings (SSSR count). The molecule has 0 unspecified atom stereocenters. The molecule has 0 radical (unpaired) electrons. The van der Waals surface area contributed by atoms with Gasteiger partial charge in [-0.3, -0.25) is 0 Å².